The van der Waals surface area contributed by atoms with E-state index in [0.29, 0.717) is 79.5 Å². The molecule has 0 aliphatic heterocycles. The number of hydrogen-bond acceptors (Lipinski definition) is 15. The van der Waals surface area contributed by atoms with Gasteiger partial charge in [0.25, 0.3) is 11.6 Å². The van der Waals surface area contributed by atoms with Gasteiger partial charge in [-0.2, -0.15) is 0 Å². The summed E-state index contributed by atoms with van der Waals surface area (Å²) >= 11 is 12.9. The van der Waals surface area contributed by atoms with Gasteiger partial charge in [-0.15, -0.1) is 0 Å². The van der Waals surface area contributed by atoms with E-state index < -0.39 is 14.9 Å². The Labute approximate surface area is 671 Å². The highest BCUT2D eigenvalue weighted by molar-refractivity contribution is 7.89. The van der Waals surface area contributed by atoms with E-state index in [1.54, 1.807) is 68.3 Å². The number of carbonyl (C=O) groups is 2. The molecule has 582 valence electrons. The third-order valence-electron chi connectivity index (χ3n) is 17.9. The lowest BCUT2D eigenvalue weighted by Gasteiger charge is -2.25. The van der Waals surface area contributed by atoms with Gasteiger partial charge in [-0.05, 0) is 136 Å². The maximum atomic E-state index is 13.7. The monoisotopic (exact) mass is 1580 g/mol. The number of nitro benzene ring substituents is 1. The SMILES string of the molecule is COc1cc(CN(CCNS(=O)(=O)c2ccc([N+](=O)[O-])cc2)C(=O)C(C)C)ccc1OCc1ccccc1.COc1cc(CN(CCc2ccccn2)Cc2ccccc2Cl)ccc1OCc1ccccc1.O=C(c1ccccc1Cl)N(CCc1ccccn1)Cc1ccc(OCc2ccccc2)c(OCc2ccccc2)c1. The molecule has 0 aliphatic carbocycles. The second-order valence-electron chi connectivity index (χ2n) is 26.6. The van der Waals surface area contributed by atoms with Gasteiger partial charge in [0.15, 0.2) is 34.5 Å². The summed E-state index contributed by atoms with van der Waals surface area (Å²) in [4.78, 5) is 51.3. The normalized spacial score (nSPS) is 10.9. The van der Waals surface area contributed by atoms with Crippen molar-refractivity contribution in [2.75, 3.05) is 40.4 Å². The quantitative estimate of drug-likeness (QED) is 0.0286. The lowest BCUT2D eigenvalue weighted by molar-refractivity contribution is -0.384. The third-order valence-corrected chi connectivity index (χ3v) is 20.1. The van der Waals surface area contributed by atoms with Crippen molar-refractivity contribution in [2.24, 2.45) is 5.92 Å². The van der Waals surface area contributed by atoms with Gasteiger partial charge in [0, 0.05) is 112 Å². The average molecular weight is 1580 g/mol. The van der Waals surface area contributed by atoms with Gasteiger partial charge in [-0.3, -0.25) is 34.6 Å². The molecule has 12 rings (SSSR count). The summed E-state index contributed by atoms with van der Waals surface area (Å²) in [5.41, 5.74) is 10.5. The van der Waals surface area contributed by atoms with Crippen LogP contribution in [0.4, 0.5) is 5.69 Å². The van der Waals surface area contributed by atoms with E-state index in [1.165, 1.54) is 12.1 Å². The highest BCUT2D eigenvalue weighted by Gasteiger charge is 2.24. The number of carbonyl (C=O) groups excluding carboxylic acids is 2. The van der Waals surface area contributed by atoms with Crippen LogP contribution < -0.4 is 33.1 Å². The van der Waals surface area contributed by atoms with Crippen molar-refractivity contribution >= 4 is 50.7 Å². The van der Waals surface area contributed by atoms with Crippen LogP contribution in [0, 0.1) is 16.0 Å². The minimum atomic E-state index is -3.91. The van der Waals surface area contributed by atoms with Crippen molar-refractivity contribution in [1.82, 2.24) is 29.4 Å². The Hall–Kier alpha value is -11.9. The molecule has 0 radical (unpaired) electrons. The summed E-state index contributed by atoms with van der Waals surface area (Å²) in [6, 6.07) is 88.9. The number of benzene rings is 10. The molecular weight excluding hydrogens is 1490 g/mol. The number of methoxy groups -OCH3 is 2. The highest BCUT2D eigenvalue weighted by atomic mass is 35.5. The smallest absolute Gasteiger partial charge is 0.269 e. The van der Waals surface area contributed by atoms with E-state index >= 15 is 0 Å². The molecule has 0 saturated carbocycles. The lowest BCUT2D eigenvalue weighted by atomic mass is 10.1. The number of sulfonamides is 1. The summed E-state index contributed by atoms with van der Waals surface area (Å²) in [5.74, 6) is 3.26. The van der Waals surface area contributed by atoms with Crippen LogP contribution in [0.1, 0.15) is 80.1 Å². The topological polar surface area (TPSA) is 214 Å². The van der Waals surface area contributed by atoms with Gasteiger partial charge >= 0.3 is 0 Å². The minimum absolute atomic E-state index is 0.0345. The first-order valence-electron chi connectivity index (χ1n) is 36.9. The molecule has 0 spiro atoms. The molecule has 1 N–H and O–H groups in total. The number of rotatable bonds is 36. The number of pyridine rings is 2. The van der Waals surface area contributed by atoms with Crippen molar-refractivity contribution in [3.63, 3.8) is 0 Å². The third kappa shape index (κ3) is 26.7. The Morgan fingerprint density at radius 3 is 1.31 bits per heavy atom. The summed E-state index contributed by atoms with van der Waals surface area (Å²) in [5, 5.41) is 12.0. The number of halogens is 2. The van der Waals surface area contributed by atoms with Crippen LogP contribution >= 0.6 is 23.2 Å². The van der Waals surface area contributed by atoms with Crippen molar-refractivity contribution in [1.29, 1.82) is 0 Å². The number of non-ortho nitro benzene ring substituents is 1. The zero-order chi connectivity index (χ0) is 79.6. The van der Waals surface area contributed by atoms with E-state index in [0.717, 1.165) is 111 Å². The molecular formula is C91H91Cl2N7O12S. The highest BCUT2D eigenvalue weighted by Crippen LogP contribution is 2.34. The first-order chi connectivity index (χ1) is 55.0. The molecule has 0 aliphatic rings. The Kier molecular flexibility index (Phi) is 32.3. The fourth-order valence-electron chi connectivity index (χ4n) is 11.9. The predicted molar refractivity (Wildman–Crippen MR) is 442 cm³/mol. The second kappa shape index (κ2) is 43.6. The van der Waals surface area contributed by atoms with E-state index in [9.17, 15) is 28.1 Å². The summed E-state index contributed by atoms with van der Waals surface area (Å²) in [7, 11) is -0.692. The van der Waals surface area contributed by atoms with Crippen LogP contribution in [0.15, 0.2) is 302 Å². The first-order valence-corrected chi connectivity index (χ1v) is 39.2. The number of amides is 2. The number of aromatic nitrogens is 2. The maximum absolute atomic E-state index is 13.7. The Morgan fingerprint density at radius 1 is 0.442 bits per heavy atom. The molecule has 0 saturated heterocycles. The maximum Gasteiger partial charge on any atom is 0.269 e. The molecule has 10 aromatic carbocycles. The number of hydrogen-bond donors (Lipinski definition) is 1. The molecule has 113 heavy (non-hydrogen) atoms. The standard InChI is InChI=1S/C35H31ClN2O3.C29H29ClN2O2.C27H31N3O7S/c36-32-17-8-7-16-31(32)35(39)38(22-20-30-15-9-10-21-37-30)24-29-18-19-33(40-25-27-11-3-1-4-12-27)34(23-29)41-26-28-13-5-2-6-14-28;1-33-29-19-24(14-15-28(29)34-22-23-9-3-2-4-10-23)20-32(18-16-26-12-7-8-17-31-26)21-25-11-5-6-13-27(25)30;1-20(2)27(31)29(16-15-28-38(34,35)24-12-10-23(11-13-24)30(32)33)18-22-9-14-25(26(17-22)36-3)37-19-21-7-5-4-6-8-21/h1-19,21,23H,20,22,24-26H2;2-15,17,19H,16,18,20-22H2,1H3;4-14,17,20,28H,15-16,18-19H2,1-3H3. The largest absolute Gasteiger partial charge is 0.493 e. The van der Waals surface area contributed by atoms with Gasteiger partial charge in [-0.25, -0.2) is 13.1 Å². The summed E-state index contributed by atoms with van der Waals surface area (Å²) < 4.78 is 63.2. The van der Waals surface area contributed by atoms with Crippen molar-refractivity contribution in [2.45, 2.75) is 84.2 Å². The molecule has 2 amide bonds. The molecule has 0 atom stereocenters. The minimum Gasteiger partial charge on any atom is -0.493 e. The van der Waals surface area contributed by atoms with Gasteiger partial charge in [0.2, 0.25) is 15.9 Å². The zero-order valence-corrected chi connectivity index (χ0v) is 65.8. The number of ether oxygens (including phenoxy) is 6. The average Bonchev–Trinajstić information content (AvgIpc) is 0.865. The predicted octanol–water partition coefficient (Wildman–Crippen LogP) is 18.5. The van der Waals surface area contributed by atoms with Crippen LogP contribution in [0.25, 0.3) is 0 Å². The van der Waals surface area contributed by atoms with E-state index in [2.05, 4.69) is 56.0 Å². The second-order valence-corrected chi connectivity index (χ2v) is 29.1. The molecule has 0 unspecified atom stereocenters. The van der Waals surface area contributed by atoms with Gasteiger partial charge in [0.1, 0.15) is 26.4 Å². The molecule has 22 heteroatoms. The van der Waals surface area contributed by atoms with Gasteiger partial charge in [0.05, 0.1) is 34.6 Å². The molecule has 12 aromatic rings. The van der Waals surface area contributed by atoms with Crippen LogP contribution in [0.3, 0.4) is 0 Å². The van der Waals surface area contributed by atoms with Crippen LogP contribution in [0.2, 0.25) is 10.0 Å². The van der Waals surface area contributed by atoms with Gasteiger partial charge < -0.3 is 38.2 Å². The van der Waals surface area contributed by atoms with Gasteiger partial charge in [-0.1, -0.05) is 219 Å². The summed E-state index contributed by atoms with van der Waals surface area (Å²) in [6.07, 6.45) is 5.08. The zero-order valence-electron chi connectivity index (χ0n) is 63.5. The van der Waals surface area contributed by atoms with E-state index in [4.69, 9.17) is 51.6 Å². The molecule has 2 aromatic heterocycles. The Balaban J connectivity index is 0.000000180. The fraction of sp³-hybridized carbons (Fsp3) is 0.209. The fourth-order valence-corrected chi connectivity index (χ4v) is 13.3. The van der Waals surface area contributed by atoms with Crippen molar-refractivity contribution in [3.8, 4) is 34.5 Å². The Bertz CT molecular complexity index is 5070. The first kappa shape index (κ1) is 83.6. The molecule has 0 bridgehead atoms. The van der Waals surface area contributed by atoms with E-state index in [1.807, 2.05) is 206 Å². The molecule has 19 nitrogen and oxygen atoms in total. The summed E-state index contributed by atoms with van der Waals surface area (Å²) in [6.45, 7) is 8.79. The van der Waals surface area contributed by atoms with Crippen LogP contribution in [-0.4, -0.2) is 90.2 Å². The van der Waals surface area contributed by atoms with E-state index in [-0.39, 0.29) is 47.9 Å². The van der Waals surface area contributed by atoms with Crippen molar-refractivity contribution in [3.05, 3.63) is 379 Å². The van der Waals surface area contributed by atoms with Crippen LogP contribution in [-0.2, 0) is 80.3 Å². The molecule has 0 fully saturated rings. The number of nitro groups is 1. The Morgan fingerprint density at radius 2 is 0.858 bits per heavy atom. The molecule has 2 heterocycles. The number of nitrogens with one attached hydrogen (secondary N) is 1. The lowest BCUT2D eigenvalue weighted by Crippen LogP contribution is -2.40. The van der Waals surface area contributed by atoms with Crippen LogP contribution in [0.5, 0.6) is 34.5 Å². The van der Waals surface area contributed by atoms with Crippen molar-refractivity contribution < 1.29 is 51.4 Å². The number of nitrogens with zero attached hydrogens (tertiary/aromatic N) is 6.